The normalized spacial score (nSPS) is 10.2. The minimum atomic E-state index is -0.244. The van der Waals surface area contributed by atoms with E-state index in [1.165, 1.54) is 0 Å². The van der Waals surface area contributed by atoms with Crippen molar-refractivity contribution in [1.82, 2.24) is 0 Å². The van der Waals surface area contributed by atoms with Crippen molar-refractivity contribution < 1.29 is 9.59 Å². The van der Waals surface area contributed by atoms with Crippen LogP contribution >= 0.6 is 23.2 Å². The smallest absolute Gasteiger partial charge is 0.243 e. The fourth-order valence-electron chi connectivity index (χ4n) is 2.16. The molecule has 0 saturated carbocycles. The second kappa shape index (κ2) is 8.74. The topological polar surface area (TPSA) is 70.2 Å². The van der Waals surface area contributed by atoms with Crippen LogP contribution in [0.3, 0.4) is 0 Å². The van der Waals surface area contributed by atoms with Crippen molar-refractivity contribution in [3.63, 3.8) is 0 Å². The molecule has 2 amide bonds. The molecule has 2 aromatic rings. The Kier molecular flexibility index (Phi) is 6.67. The highest BCUT2D eigenvalue weighted by Gasteiger charge is 2.09. The summed E-state index contributed by atoms with van der Waals surface area (Å²) in [5, 5.41) is 9.49. The van der Waals surface area contributed by atoms with Crippen LogP contribution in [-0.2, 0) is 9.59 Å². The molecule has 0 heterocycles. The lowest BCUT2D eigenvalue weighted by Gasteiger charge is -2.14. The second-order valence-corrected chi connectivity index (χ2v) is 6.25. The van der Waals surface area contributed by atoms with Crippen molar-refractivity contribution >= 4 is 52.1 Å². The van der Waals surface area contributed by atoms with E-state index in [1.807, 2.05) is 25.1 Å². The average Bonchev–Trinajstić information content (AvgIpc) is 2.58. The molecule has 0 fully saturated rings. The van der Waals surface area contributed by atoms with E-state index in [4.69, 9.17) is 23.2 Å². The summed E-state index contributed by atoms with van der Waals surface area (Å²) in [6, 6.07) is 10.3. The van der Waals surface area contributed by atoms with Crippen molar-refractivity contribution in [2.24, 2.45) is 0 Å². The van der Waals surface area contributed by atoms with Crippen LogP contribution in [0.2, 0.25) is 10.0 Å². The number of rotatable bonds is 6. The van der Waals surface area contributed by atoms with E-state index in [9.17, 15) is 9.59 Å². The molecule has 0 saturated heterocycles. The zero-order valence-corrected chi connectivity index (χ0v) is 15.5. The molecule has 132 valence electrons. The van der Waals surface area contributed by atoms with Crippen LogP contribution in [0.5, 0.6) is 0 Å². The fraction of sp³-hybridized carbons (Fsp3) is 0.222. The molecule has 0 aliphatic carbocycles. The monoisotopic (exact) mass is 379 g/mol. The minimum Gasteiger partial charge on any atom is -0.376 e. The summed E-state index contributed by atoms with van der Waals surface area (Å²) in [5.74, 6) is -0.304. The van der Waals surface area contributed by atoms with Crippen LogP contribution < -0.4 is 16.0 Å². The molecule has 0 aliphatic rings. The van der Waals surface area contributed by atoms with Gasteiger partial charge in [-0.2, -0.15) is 0 Å². The number of carbonyl (C=O) groups is 2. The van der Waals surface area contributed by atoms with E-state index in [2.05, 4.69) is 16.0 Å². The first-order valence-electron chi connectivity index (χ1n) is 7.79. The van der Waals surface area contributed by atoms with Crippen molar-refractivity contribution in [2.75, 3.05) is 22.5 Å². The highest BCUT2D eigenvalue weighted by atomic mass is 35.5. The third-order valence-corrected chi connectivity index (χ3v) is 4.12. The maximum absolute atomic E-state index is 12.1. The van der Waals surface area contributed by atoms with E-state index in [-0.39, 0.29) is 18.4 Å². The first kappa shape index (κ1) is 19.1. The zero-order valence-electron chi connectivity index (χ0n) is 14.0. The molecule has 2 aromatic carbocycles. The SMILES string of the molecule is CCC(=O)Nc1cccc(NCC(=O)Nc2ccc(Cl)cc2Cl)c1C. The summed E-state index contributed by atoms with van der Waals surface area (Å²) < 4.78 is 0. The van der Waals surface area contributed by atoms with Gasteiger partial charge >= 0.3 is 0 Å². The van der Waals surface area contributed by atoms with Gasteiger partial charge in [-0.05, 0) is 42.8 Å². The van der Waals surface area contributed by atoms with Gasteiger partial charge in [-0.1, -0.05) is 36.2 Å². The van der Waals surface area contributed by atoms with Crippen LogP contribution in [0.4, 0.5) is 17.1 Å². The first-order valence-corrected chi connectivity index (χ1v) is 8.54. The maximum atomic E-state index is 12.1. The van der Waals surface area contributed by atoms with E-state index < -0.39 is 0 Å². The maximum Gasteiger partial charge on any atom is 0.243 e. The zero-order chi connectivity index (χ0) is 18.4. The summed E-state index contributed by atoms with van der Waals surface area (Å²) in [6.45, 7) is 3.73. The molecule has 2 rings (SSSR count). The van der Waals surface area contributed by atoms with Crippen LogP contribution in [-0.4, -0.2) is 18.4 Å². The molecular weight excluding hydrogens is 361 g/mol. The Morgan fingerprint density at radius 1 is 0.960 bits per heavy atom. The number of halogens is 2. The van der Waals surface area contributed by atoms with Crippen LogP contribution in [0.1, 0.15) is 18.9 Å². The van der Waals surface area contributed by atoms with E-state index in [0.29, 0.717) is 22.2 Å². The van der Waals surface area contributed by atoms with Gasteiger partial charge in [-0.25, -0.2) is 0 Å². The Labute approximate surface area is 156 Å². The van der Waals surface area contributed by atoms with Gasteiger partial charge in [-0.15, -0.1) is 0 Å². The largest absolute Gasteiger partial charge is 0.376 e. The average molecular weight is 380 g/mol. The molecule has 0 unspecified atom stereocenters. The number of amides is 2. The fourth-order valence-corrected chi connectivity index (χ4v) is 2.62. The second-order valence-electron chi connectivity index (χ2n) is 5.41. The molecular formula is C18H19Cl2N3O2. The van der Waals surface area contributed by atoms with Crippen LogP contribution in [0, 0.1) is 6.92 Å². The molecule has 3 N–H and O–H groups in total. The van der Waals surface area contributed by atoms with Crippen LogP contribution in [0.15, 0.2) is 36.4 Å². The molecule has 25 heavy (non-hydrogen) atoms. The molecule has 5 nitrogen and oxygen atoms in total. The van der Waals surface area contributed by atoms with Gasteiger partial charge in [0, 0.05) is 22.8 Å². The standard InChI is InChI=1S/C18H19Cl2N3O2/c1-3-17(24)22-15-6-4-5-14(11(15)2)21-10-18(25)23-16-8-7-12(19)9-13(16)20/h4-9,21H,3,10H2,1-2H3,(H,22,24)(H,23,25). The predicted octanol–water partition coefficient (Wildman–Crippen LogP) is 4.70. The van der Waals surface area contributed by atoms with Crippen molar-refractivity contribution in [3.8, 4) is 0 Å². The first-order chi connectivity index (χ1) is 11.9. The van der Waals surface area contributed by atoms with Crippen molar-refractivity contribution in [3.05, 3.63) is 52.0 Å². The predicted molar refractivity (Wildman–Crippen MR) is 104 cm³/mol. The third-order valence-electron chi connectivity index (χ3n) is 3.57. The molecule has 0 bridgehead atoms. The number of hydrogen-bond acceptors (Lipinski definition) is 3. The van der Waals surface area contributed by atoms with E-state index >= 15 is 0 Å². The molecule has 0 radical (unpaired) electrons. The minimum absolute atomic E-state index is 0.0598. The molecule has 7 heteroatoms. The van der Waals surface area contributed by atoms with Gasteiger partial charge < -0.3 is 16.0 Å². The summed E-state index contributed by atoms with van der Waals surface area (Å²) >= 11 is 11.9. The Balaban J connectivity index is 1.99. The number of anilines is 3. The number of nitrogens with one attached hydrogen (secondary N) is 3. The Bertz CT molecular complexity index is 794. The lowest BCUT2D eigenvalue weighted by molar-refractivity contribution is -0.116. The number of benzene rings is 2. The van der Waals surface area contributed by atoms with Crippen molar-refractivity contribution in [1.29, 1.82) is 0 Å². The summed E-state index contributed by atoms with van der Waals surface area (Å²) in [6.07, 6.45) is 0.404. The molecule has 0 atom stereocenters. The van der Waals surface area contributed by atoms with Gasteiger partial charge in [0.2, 0.25) is 11.8 Å². The van der Waals surface area contributed by atoms with E-state index in [0.717, 1.165) is 16.9 Å². The molecule has 0 aromatic heterocycles. The highest BCUT2D eigenvalue weighted by molar-refractivity contribution is 6.36. The Morgan fingerprint density at radius 3 is 2.32 bits per heavy atom. The summed E-state index contributed by atoms with van der Waals surface area (Å²) in [7, 11) is 0. The number of hydrogen-bond donors (Lipinski definition) is 3. The van der Waals surface area contributed by atoms with Gasteiger partial charge in [0.05, 0.1) is 17.3 Å². The Hall–Kier alpha value is -2.24. The highest BCUT2D eigenvalue weighted by Crippen LogP contribution is 2.26. The molecule has 0 spiro atoms. The lowest BCUT2D eigenvalue weighted by atomic mass is 10.1. The summed E-state index contributed by atoms with van der Waals surface area (Å²) in [4.78, 5) is 23.7. The summed E-state index contributed by atoms with van der Waals surface area (Å²) in [5.41, 5.74) is 2.85. The Morgan fingerprint density at radius 2 is 1.64 bits per heavy atom. The number of carbonyl (C=O) groups excluding carboxylic acids is 2. The van der Waals surface area contributed by atoms with Gasteiger partial charge in [-0.3, -0.25) is 9.59 Å². The lowest BCUT2D eigenvalue weighted by Crippen LogP contribution is -2.22. The van der Waals surface area contributed by atoms with Crippen LogP contribution in [0.25, 0.3) is 0 Å². The van der Waals surface area contributed by atoms with Gasteiger partial charge in [0.25, 0.3) is 0 Å². The van der Waals surface area contributed by atoms with E-state index in [1.54, 1.807) is 25.1 Å². The van der Waals surface area contributed by atoms with Gasteiger partial charge in [0.15, 0.2) is 0 Å². The van der Waals surface area contributed by atoms with Crippen molar-refractivity contribution in [2.45, 2.75) is 20.3 Å². The molecule has 0 aliphatic heterocycles. The van der Waals surface area contributed by atoms with Gasteiger partial charge in [0.1, 0.15) is 0 Å². The third kappa shape index (κ3) is 5.37. The quantitative estimate of drug-likeness (QED) is 0.680.